The lowest BCUT2D eigenvalue weighted by Gasteiger charge is -2.17. The highest BCUT2D eigenvalue weighted by Gasteiger charge is 2.39. The summed E-state index contributed by atoms with van der Waals surface area (Å²) in [5, 5.41) is 17.0. The molecule has 2 aromatic rings. The fourth-order valence-corrected chi connectivity index (χ4v) is 2.75. The molecule has 1 aliphatic rings. The van der Waals surface area contributed by atoms with Crippen LogP contribution in [-0.4, -0.2) is 42.4 Å². The number of alkyl halides is 1. The summed E-state index contributed by atoms with van der Waals surface area (Å²) in [6.45, 7) is 0.511. The number of rotatable bonds is 4. The number of aliphatic hydroxyl groups is 1. The Morgan fingerprint density at radius 2 is 2.30 bits per heavy atom. The zero-order valence-corrected chi connectivity index (χ0v) is 12.3. The third kappa shape index (κ3) is 2.70. The van der Waals surface area contributed by atoms with Gasteiger partial charge in [-0.1, -0.05) is 5.21 Å². The molecule has 23 heavy (non-hydrogen) atoms. The average molecular weight is 325 g/mol. The maximum atomic E-state index is 13.0. The van der Waals surface area contributed by atoms with Gasteiger partial charge in [0.1, 0.15) is 19.0 Å². The van der Waals surface area contributed by atoms with Crippen molar-refractivity contribution >= 4 is 0 Å². The van der Waals surface area contributed by atoms with E-state index in [1.54, 1.807) is 6.92 Å². The minimum Gasteiger partial charge on any atom is -0.394 e. The Kier molecular flexibility index (Phi) is 4.09. The molecule has 3 heterocycles. The maximum absolute atomic E-state index is 13.0. The Balaban J connectivity index is 1.95. The Morgan fingerprint density at radius 3 is 3.00 bits per heavy atom. The maximum Gasteiger partial charge on any atom is 0.330 e. The van der Waals surface area contributed by atoms with E-state index >= 15 is 0 Å². The van der Waals surface area contributed by atoms with Crippen LogP contribution in [0.4, 0.5) is 4.39 Å². The number of hydrogen-bond acceptors (Lipinski definition) is 6. The van der Waals surface area contributed by atoms with Crippen molar-refractivity contribution in [2.45, 2.75) is 38.4 Å². The molecule has 3 atom stereocenters. The van der Waals surface area contributed by atoms with E-state index in [-0.39, 0.29) is 18.7 Å². The molecule has 0 bridgehead atoms. The number of nitrogens with zero attached hydrogens (tertiary/aromatic N) is 4. The minimum atomic E-state index is -0.746. The number of H-pyrrole nitrogens is 1. The Morgan fingerprint density at radius 1 is 1.52 bits per heavy atom. The summed E-state index contributed by atoms with van der Waals surface area (Å²) < 4.78 is 21.3. The summed E-state index contributed by atoms with van der Waals surface area (Å²) in [4.78, 5) is 25.6. The molecule has 0 unspecified atom stereocenters. The van der Waals surface area contributed by atoms with Crippen molar-refractivity contribution in [2.24, 2.45) is 0 Å². The third-order valence-corrected chi connectivity index (χ3v) is 3.94. The van der Waals surface area contributed by atoms with Crippen molar-refractivity contribution in [3.05, 3.63) is 44.5 Å². The van der Waals surface area contributed by atoms with Gasteiger partial charge in [-0.2, -0.15) is 0 Å². The van der Waals surface area contributed by atoms with Crippen LogP contribution in [0.1, 0.15) is 29.9 Å². The number of aromatic nitrogens is 5. The zero-order valence-electron chi connectivity index (χ0n) is 12.3. The molecular weight excluding hydrogens is 309 g/mol. The highest BCUT2D eigenvalue weighted by atomic mass is 19.1. The smallest absolute Gasteiger partial charge is 0.330 e. The molecule has 0 aromatic carbocycles. The summed E-state index contributed by atoms with van der Waals surface area (Å²) >= 11 is 0. The van der Waals surface area contributed by atoms with Gasteiger partial charge in [0.25, 0.3) is 5.56 Å². The number of hydrogen-bond donors (Lipinski definition) is 2. The van der Waals surface area contributed by atoms with Gasteiger partial charge < -0.3 is 9.84 Å². The molecule has 2 N–H and O–H groups in total. The molecule has 0 saturated carbocycles. The van der Waals surface area contributed by atoms with Crippen LogP contribution >= 0.6 is 0 Å². The number of nitrogens with one attached hydrogen (secondary N) is 1. The van der Waals surface area contributed by atoms with Crippen molar-refractivity contribution in [1.82, 2.24) is 24.5 Å². The van der Waals surface area contributed by atoms with Gasteiger partial charge in [0.15, 0.2) is 0 Å². The molecule has 0 spiro atoms. The number of aliphatic hydroxyl groups excluding tert-OH is 1. The van der Waals surface area contributed by atoms with Crippen molar-refractivity contribution in [2.75, 3.05) is 6.61 Å². The first-order valence-corrected chi connectivity index (χ1v) is 7.08. The summed E-state index contributed by atoms with van der Waals surface area (Å²) in [6.07, 6.45) is 1.63. The first kappa shape index (κ1) is 15.6. The topological polar surface area (TPSA) is 115 Å². The number of aromatic amines is 1. The summed E-state index contributed by atoms with van der Waals surface area (Å²) in [7, 11) is 0. The average Bonchev–Trinajstić information content (AvgIpc) is 3.16. The van der Waals surface area contributed by atoms with Crippen LogP contribution in [0.15, 0.2) is 22.0 Å². The molecule has 3 rings (SSSR count). The van der Waals surface area contributed by atoms with E-state index in [2.05, 4.69) is 15.3 Å². The van der Waals surface area contributed by atoms with Crippen molar-refractivity contribution < 1.29 is 14.2 Å². The molecule has 124 valence electrons. The quantitative estimate of drug-likeness (QED) is 0.778. The van der Waals surface area contributed by atoms with Gasteiger partial charge in [-0.05, 0) is 6.92 Å². The molecule has 0 radical (unpaired) electrons. The van der Waals surface area contributed by atoms with Crippen molar-refractivity contribution in [3.8, 4) is 0 Å². The van der Waals surface area contributed by atoms with Gasteiger partial charge in [0, 0.05) is 18.2 Å². The zero-order chi connectivity index (χ0) is 16.6. The van der Waals surface area contributed by atoms with E-state index in [4.69, 9.17) is 4.74 Å². The van der Waals surface area contributed by atoms with Crippen LogP contribution in [0.3, 0.4) is 0 Å². The summed E-state index contributed by atoms with van der Waals surface area (Å²) in [5.74, 6) is 0. The monoisotopic (exact) mass is 325 g/mol. The van der Waals surface area contributed by atoms with Crippen LogP contribution in [0.2, 0.25) is 0 Å². The molecule has 9 nitrogen and oxygen atoms in total. The lowest BCUT2D eigenvalue weighted by atomic mass is 10.1. The van der Waals surface area contributed by atoms with Crippen LogP contribution < -0.4 is 11.2 Å². The van der Waals surface area contributed by atoms with Crippen LogP contribution in [-0.2, 0) is 11.4 Å². The standard InChI is InChI=1S/C13H16FN5O4/c1-7-5-18(13(22)16-12(7)21)11-2-9(10(6-20)23-11)19-8(3-14)4-15-17-19/h4-5,9-11,20H,2-3,6H2,1H3,(H,16,21,22)/t9-,10+,11+/m0/s1. The number of ether oxygens (including phenoxy) is 1. The van der Waals surface area contributed by atoms with Gasteiger partial charge in [-0.25, -0.2) is 13.9 Å². The van der Waals surface area contributed by atoms with E-state index in [9.17, 15) is 19.1 Å². The van der Waals surface area contributed by atoms with Gasteiger partial charge in [-0.3, -0.25) is 14.3 Å². The largest absolute Gasteiger partial charge is 0.394 e. The van der Waals surface area contributed by atoms with Crippen molar-refractivity contribution in [1.29, 1.82) is 0 Å². The second kappa shape index (κ2) is 6.05. The third-order valence-electron chi connectivity index (χ3n) is 3.94. The highest BCUT2D eigenvalue weighted by Crippen LogP contribution is 2.36. The Labute approximate surface area is 129 Å². The normalized spacial score (nSPS) is 24.2. The molecule has 1 saturated heterocycles. The molecule has 1 fully saturated rings. The van der Waals surface area contributed by atoms with E-state index in [1.165, 1.54) is 21.6 Å². The molecule has 2 aromatic heterocycles. The van der Waals surface area contributed by atoms with Gasteiger partial charge >= 0.3 is 5.69 Å². The van der Waals surface area contributed by atoms with Gasteiger partial charge in [-0.15, -0.1) is 5.10 Å². The van der Waals surface area contributed by atoms with E-state index < -0.39 is 36.3 Å². The fourth-order valence-electron chi connectivity index (χ4n) is 2.75. The number of halogens is 1. The molecule has 0 aliphatic carbocycles. The molecule has 1 aliphatic heterocycles. The second-order valence-electron chi connectivity index (χ2n) is 5.40. The van der Waals surface area contributed by atoms with E-state index in [1.807, 2.05) is 0 Å². The van der Waals surface area contributed by atoms with Crippen molar-refractivity contribution in [3.63, 3.8) is 0 Å². The van der Waals surface area contributed by atoms with Gasteiger partial charge in [0.2, 0.25) is 0 Å². The van der Waals surface area contributed by atoms with Crippen LogP contribution in [0.5, 0.6) is 0 Å². The van der Waals surface area contributed by atoms with Crippen LogP contribution in [0.25, 0.3) is 0 Å². The van der Waals surface area contributed by atoms with E-state index in [0.29, 0.717) is 5.56 Å². The lowest BCUT2D eigenvalue weighted by Crippen LogP contribution is -2.33. The highest BCUT2D eigenvalue weighted by molar-refractivity contribution is 5.03. The number of aryl methyl sites for hydroxylation is 1. The predicted molar refractivity (Wildman–Crippen MR) is 75.5 cm³/mol. The first-order chi connectivity index (χ1) is 11.0. The summed E-state index contributed by atoms with van der Waals surface area (Å²) in [5.41, 5.74) is -0.437. The molecule has 10 heteroatoms. The molecule has 0 amide bonds. The molecular formula is C13H16FN5O4. The van der Waals surface area contributed by atoms with Gasteiger partial charge in [0.05, 0.1) is 24.5 Å². The summed E-state index contributed by atoms with van der Waals surface area (Å²) in [6, 6.07) is -0.461. The predicted octanol–water partition coefficient (Wildman–Crippen LogP) is -0.573. The SMILES string of the molecule is Cc1cn([C@H]2C[C@H](n3nncc3CF)[C@@H](CO)O2)c(=O)[nH]c1=O. The van der Waals surface area contributed by atoms with E-state index in [0.717, 1.165) is 0 Å². The van der Waals surface area contributed by atoms with Crippen LogP contribution in [0, 0.1) is 6.92 Å². The lowest BCUT2D eigenvalue weighted by molar-refractivity contribution is -0.0326. The minimum absolute atomic E-state index is 0.266. The first-order valence-electron chi connectivity index (χ1n) is 7.08. The fraction of sp³-hybridized carbons (Fsp3) is 0.538. The Hall–Kier alpha value is -2.33. The second-order valence-corrected chi connectivity index (χ2v) is 5.40. The Bertz CT molecular complexity index is 813.